The summed E-state index contributed by atoms with van der Waals surface area (Å²) in [5, 5.41) is 14.6. The van der Waals surface area contributed by atoms with E-state index in [1.165, 1.54) is 12.1 Å². The number of nitrogens with one attached hydrogen (secondary N) is 2. The summed E-state index contributed by atoms with van der Waals surface area (Å²) in [6.07, 6.45) is -0.0303. The second kappa shape index (κ2) is 10.9. The van der Waals surface area contributed by atoms with Gasteiger partial charge in [0, 0.05) is 19.0 Å². The smallest absolute Gasteiger partial charge is 0.407 e. The molecule has 0 fully saturated rings. The van der Waals surface area contributed by atoms with Crippen molar-refractivity contribution >= 4 is 18.0 Å². The highest BCUT2D eigenvalue weighted by atomic mass is 16.5. The number of benzene rings is 3. The zero-order valence-electron chi connectivity index (χ0n) is 19.5. The molecule has 7 heteroatoms. The minimum Gasteiger partial charge on any atom is -0.478 e. The summed E-state index contributed by atoms with van der Waals surface area (Å²) >= 11 is 0. The van der Waals surface area contributed by atoms with Crippen LogP contribution in [0.1, 0.15) is 46.3 Å². The third kappa shape index (κ3) is 5.51. The van der Waals surface area contributed by atoms with Crippen molar-refractivity contribution in [3.8, 4) is 11.1 Å². The number of fused-ring (bicyclic) bond motifs is 3. The van der Waals surface area contributed by atoms with Crippen LogP contribution in [0.15, 0.2) is 72.8 Å². The summed E-state index contributed by atoms with van der Waals surface area (Å²) in [5.41, 5.74) is 5.46. The van der Waals surface area contributed by atoms with Crippen LogP contribution in [0.3, 0.4) is 0 Å². The quantitative estimate of drug-likeness (QED) is 0.423. The fraction of sp³-hybridized carbons (Fsp3) is 0.250. The fourth-order valence-electron chi connectivity index (χ4n) is 4.43. The van der Waals surface area contributed by atoms with Crippen LogP contribution in [0.4, 0.5) is 4.79 Å². The number of hydrogen-bond acceptors (Lipinski definition) is 4. The van der Waals surface area contributed by atoms with E-state index in [9.17, 15) is 14.4 Å². The van der Waals surface area contributed by atoms with Gasteiger partial charge in [0.05, 0.1) is 11.5 Å². The lowest BCUT2D eigenvalue weighted by Gasteiger charge is -2.17. The third-order valence-electron chi connectivity index (χ3n) is 6.34. The Hall–Kier alpha value is -4.13. The molecule has 3 N–H and O–H groups in total. The predicted molar refractivity (Wildman–Crippen MR) is 132 cm³/mol. The molecule has 0 aliphatic heterocycles. The summed E-state index contributed by atoms with van der Waals surface area (Å²) in [6.45, 7) is 2.44. The summed E-state index contributed by atoms with van der Waals surface area (Å²) in [7, 11) is 0. The van der Waals surface area contributed by atoms with Gasteiger partial charge in [-0.1, -0.05) is 67.6 Å². The second-order valence-electron chi connectivity index (χ2n) is 8.53. The summed E-state index contributed by atoms with van der Waals surface area (Å²) < 4.78 is 5.54. The molecule has 180 valence electrons. The Morgan fingerprint density at radius 1 is 0.914 bits per heavy atom. The highest BCUT2D eigenvalue weighted by Crippen LogP contribution is 2.44. The number of carboxylic acid groups (broad SMARTS) is 1. The van der Waals surface area contributed by atoms with E-state index >= 15 is 0 Å². The van der Waals surface area contributed by atoms with Crippen molar-refractivity contribution in [2.75, 3.05) is 13.2 Å². The Labute approximate surface area is 204 Å². The third-order valence-corrected chi connectivity index (χ3v) is 6.34. The van der Waals surface area contributed by atoms with E-state index in [-0.39, 0.29) is 37.1 Å². The Morgan fingerprint density at radius 3 is 2.20 bits per heavy atom. The van der Waals surface area contributed by atoms with Crippen LogP contribution in [-0.2, 0) is 16.1 Å². The Kier molecular flexibility index (Phi) is 7.45. The van der Waals surface area contributed by atoms with Gasteiger partial charge in [0.15, 0.2) is 0 Å². The van der Waals surface area contributed by atoms with Crippen LogP contribution in [0.25, 0.3) is 11.1 Å². The van der Waals surface area contributed by atoms with Crippen LogP contribution in [0, 0.1) is 5.92 Å². The van der Waals surface area contributed by atoms with Gasteiger partial charge >= 0.3 is 12.1 Å². The first kappa shape index (κ1) is 24.0. The SMILES string of the molecule is CCC(CNC(=O)OCC1c2ccccc2-c2ccccc21)C(=O)NCc1cccc(C(=O)O)c1. The normalized spacial score (nSPS) is 12.8. The van der Waals surface area contributed by atoms with Crippen molar-refractivity contribution in [2.45, 2.75) is 25.8 Å². The number of alkyl carbamates (subject to hydrolysis) is 1. The Morgan fingerprint density at radius 2 is 1.57 bits per heavy atom. The van der Waals surface area contributed by atoms with Crippen LogP contribution in [-0.4, -0.2) is 36.2 Å². The van der Waals surface area contributed by atoms with Gasteiger partial charge in [-0.25, -0.2) is 9.59 Å². The minimum absolute atomic E-state index is 0.0278. The molecular weight excluding hydrogens is 444 g/mol. The van der Waals surface area contributed by atoms with Crippen molar-refractivity contribution in [3.63, 3.8) is 0 Å². The van der Waals surface area contributed by atoms with Gasteiger partial charge in [0.1, 0.15) is 6.61 Å². The van der Waals surface area contributed by atoms with Crippen molar-refractivity contribution in [2.24, 2.45) is 5.92 Å². The lowest BCUT2D eigenvalue weighted by atomic mass is 9.98. The molecule has 7 nitrogen and oxygen atoms in total. The number of rotatable bonds is 9. The number of carbonyl (C=O) groups excluding carboxylic acids is 2. The van der Waals surface area contributed by atoms with E-state index in [2.05, 4.69) is 34.9 Å². The molecule has 3 aromatic rings. The Bertz CT molecular complexity index is 1190. The van der Waals surface area contributed by atoms with E-state index in [4.69, 9.17) is 9.84 Å². The van der Waals surface area contributed by atoms with Gasteiger partial charge in [0.25, 0.3) is 0 Å². The van der Waals surface area contributed by atoms with Gasteiger partial charge < -0.3 is 20.5 Å². The maximum Gasteiger partial charge on any atom is 0.407 e. The molecule has 0 spiro atoms. The largest absolute Gasteiger partial charge is 0.478 e. The topological polar surface area (TPSA) is 105 Å². The highest BCUT2D eigenvalue weighted by molar-refractivity contribution is 5.87. The molecule has 35 heavy (non-hydrogen) atoms. The minimum atomic E-state index is -1.02. The molecule has 3 aromatic carbocycles. The Balaban J connectivity index is 1.28. The highest BCUT2D eigenvalue weighted by Gasteiger charge is 2.29. The van der Waals surface area contributed by atoms with Gasteiger partial charge in [-0.3, -0.25) is 4.79 Å². The number of carboxylic acids is 1. The van der Waals surface area contributed by atoms with Crippen LogP contribution < -0.4 is 10.6 Å². The number of hydrogen-bond donors (Lipinski definition) is 3. The summed E-state index contributed by atoms with van der Waals surface area (Å²) in [4.78, 5) is 36.1. The standard InChI is InChI=1S/C28H28N2O5/c1-2-19(26(31)29-15-18-8-7-9-20(14-18)27(32)33)16-30-28(34)35-17-25-23-12-5-3-10-21(23)22-11-4-6-13-24(22)25/h3-14,19,25H,2,15-17H2,1H3,(H,29,31)(H,30,34)(H,32,33). The average Bonchev–Trinajstić information content (AvgIpc) is 3.20. The molecule has 0 bridgehead atoms. The molecule has 1 aliphatic rings. The van der Waals surface area contributed by atoms with Crippen molar-refractivity contribution in [1.29, 1.82) is 0 Å². The molecule has 0 aromatic heterocycles. The fourth-order valence-corrected chi connectivity index (χ4v) is 4.43. The molecule has 2 amide bonds. The lowest BCUT2D eigenvalue weighted by molar-refractivity contribution is -0.125. The van der Waals surface area contributed by atoms with Crippen LogP contribution >= 0.6 is 0 Å². The number of aromatic carboxylic acids is 1. The zero-order valence-corrected chi connectivity index (χ0v) is 19.5. The van der Waals surface area contributed by atoms with E-state index in [1.807, 2.05) is 31.2 Å². The lowest BCUT2D eigenvalue weighted by Crippen LogP contribution is -2.38. The maximum atomic E-state index is 12.6. The van der Waals surface area contributed by atoms with Gasteiger partial charge in [-0.15, -0.1) is 0 Å². The summed E-state index contributed by atoms with van der Waals surface area (Å²) in [6, 6.07) is 22.7. The van der Waals surface area contributed by atoms with Crippen LogP contribution in [0.5, 0.6) is 0 Å². The zero-order chi connectivity index (χ0) is 24.8. The molecule has 1 atom stereocenters. The van der Waals surface area contributed by atoms with Gasteiger partial charge in [-0.2, -0.15) is 0 Å². The van der Waals surface area contributed by atoms with Crippen molar-refractivity contribution < 1.29 is 24.2 Å². The number of ether oxygens (including phenoxy) is 1. The van der Waals surface area contributed by atoms with Crippen LogP contribution in [0.2, 0.25) is 0 Å². The first-order valence-corrected chi connectivity index (χ1v) is 11.7. The van der Waals surface area contributed by atoms with E-state index in [0.717, 1.165) is 22.3 Å². The second-order valence-corrected chi connectivity index (χ2v) is 8.53. The molecule has 0 heterocycles. The first-order chi connectivity index (χ1) is 17.0. The van der Waals surface area contributed by atoms with Crippen molar-refractivity contribution in [3.05, 3.63) is 95.1 Å². The van der Waals surface area contributed by atoms with Gasteiger partial charge in [-0.05, 0) is 46.4 Å². The molecule has 4 rings (SSSR count). The van der Waals surface area contributed by atoms with E-state index in [0.29, 0.717) is 12.0 Å². The number of amides is 2. The van der Waals surface area contributed by atoms with E-state index in [1.54, 1.807) is 12.1 Å². The van der Waals surface area contributed by atoms with Crippen molar-refractivity contribution in [1.82, 2.24) is 10.6 Å². The first-order valence-electron chi connectivity index (χ1n) is 11.7. The number of carbonyl (C=O) groups is 3. The molecule has 1 aliphatic carbocycles. The van der Waals surface area contributed by atoms with E-state index < -0.39 is 18.0 Å². The van der Waals surface area contributed by atoms with Gasteiger partial charge in [0.2, 0.25) is 5.91 Å². The maximum absolute atomic E-state index is 12.6. The predicted octanol–water partition coefficient (Wildman–Crippen LogP) is 4.57. The average molecular weight is 473 g/mol. The molecule has 1 unspecified atom stereocenters. The molecule has 0 saturated heterocycles. The summed E-state index contributed by atoms with van der Waals surface area (Å²) in [5.74, 6) is -1.69. The monoisotopic (exact) mass is 472 g/mol. The molecular formula is C28H28N2O5. The molecule has 0 radical (unpaired) electrons. The molecule has 0 saturated carbocycles.